The zero-order valence-electron chi connectivity index (χ0n) is 12.8. The number of ether oxygens (including phenoxy) is 2. The number of esters is 1. The molecule has 0 heterocycles. The Balaban J connectivity index is 1.76. The number of benzene rings is 2. The SMILES string of the molecule is COc1ccc(CC(=O)COC(=O)Cc2ccc(Br)cc2)cc1. The Morgan fingerprint density at radius 1 is 0.913 bits per heavy atom. The average Bonchev–Trinajstić information content (AvgIpc) is 2.56. The molecule has 0 aliphatic rings. The highest BCUT2D eigenvalue weighted by atomic mass is 79.9. The molecule has 120 valence electrons. The molecular formula is C18H17BrO4. The van der Waals surface area contributed by atoms with Crippen LogP contribution in [0.25, 0.3) is 0 Å². The molecule has 23 heavy (non-hydrogen) atoms. The summed E-state index contributed by atoms with van der Waals surface area (Å²) in [5.74, 6) is 0.192. The standard InChI is InChI=1S/C18H17BrO4/c1-22-17-8-4-13(5-9-17)10-16(20)12-23-18(21)11-14-2-6-15(19)7-3-14/h2-9H,10-12H2,1H3. The molecule has 0 atom stereocenters. The van der Waals surface area contributed by atoms with Gasteiger partial charge in [0.25, 0.3) is 0 Å². The summed E-state index contributed by atoms with van der Waals surface area (Å²) in [5, 5.41) is 0. The first-order valence-electron chi connectivity index (χ1n) is 7.11. The Labute approximate surface area is 143 Å². The quantitative estimate of drug-likeness (QED) is 0.695. The van der Waals surface area contributed by atoms with Gasteiger partial charge in [0.15, 0.2) is 5.78 Å². The van der Waals surface area contributed by atoms with Crippen LogP contribution in [0.15, 0.2) is 53.0 Å². The molecule has 2 aromatic carbocycles. The minimum Gasteiger partial charge on any atom is -0.497 e. The van der Waals surface area contributed by atoms with E-state index in [9.17, 15) is 9.59 Å². The molecule has 0 N–H and O–H groups in total. The number of methoxy groups -OCH3 is 1. The van der Waals surface area contributed by atoms with Crippen LogP contribution in [0.3, 0.4) is 0 Å². The zero-order chi connectivity index (χ0) is 16.7. The van der Waals surface area contributed by atoms with Crippen molar-refractivity contribution in [2.24, 2.45) is 0 Å². The normalized spacial score (nSPS) is 10.2. The van der Waals surface area contributed by atoms with Gasteiger partial charge in [-0.05, 0) is 35.4 Å². The van der Waals surface area contributed by atoms with E-state index < -0.39 is 5.97 Å². The Morgan fingerprint density at radius 3 is 2.09 bits per heavy atom. The van der Waals surface area contributed by atoms with E-state index in [1.165, 1.54) is 0 Å². The van der Waals surface area contributed by atoms with E-state index in [0.29, 0.717) is 0 Å². The maximum Gasteiger partial charge on any atom is 0.310 e. The van der Waals surface area contributed by atoms with Crippen molar-refractivity contribution in [3.05, 3.63) is 64.1 Å². The fraction of sp³-hybridized carbons (Fsp3) is 0.222. The fourth-order valence-corrected chi connectivity index (χ4v) is 2.27. The summed E-state index contributed by atoms with van der Waals surface area (Å²) in [4.78, 5) is 23.6. The number of halogens is 1. The highest BCUT2D eigenvalue weighted by Crippen LogP contribution is 2.13. The molecule has 0 saturated carbocycles. The molecule has 0 radical (unpaired) electrons. The Bertz CT molecular complexity index is 662. The molecule has 2 rings (SSSR count). The van der Waals surface area contributed by atoms with Crippen LogP contribution in [-0.2, 0) is 27.2 Å². The van der Waals surface area contributed by atoms with Crippen LogP contribution < -0.4 is 4.74 Å². The average molecular weight is 377 g/mol. The molecule has 0 aromatic heterocycles. The van der Waals surface area contributed by atoms with Gasteiger partial charge >= 0.3 is 5.97 Å². The number of hydrogen-bond acceptors (Lipinski definition) is 4. The molecule has 0 bridgehead atoms. The van der Waals surface area contributed by atoms with Crippen LogP contribution in [0.2, 0.25) is 0 Å². The predicted octanol–water partition coefficient (Wildman–Crippen LogP) is 3.36. The second-order valence-corrected chi connectivity index (χ2v) is 5.94. The van der Waals surface area contributed by atoms with Crippen molar-refractivity contribution < 1.29 is 19.1 Å². The third-order valence-corrected chi connectivity index (χ3v) is 3.74. The summed E-state index contributed by atoms with van der Waals surface area (Å²) in [6.07, 6.45) is 0.388. The summed E-state index contributed by atoms with van der Waals surface area (Å²) < 4.78 is 11.0. The van der Waals surface area contributed by atoms with Crippen LogP contribution in [0.1, 0.15) is 11.1 Å². The van der Waals surface area contributed by atoms with Gasteiger partial charge in [-0.2, -0.15) is 0 Å². The number of carbonyl (C=O) groups is 2. The van der Waals surface area contributed by atoms with Crippen molar-refractivity contribution >= 4 is 27.7 Å². The summed E-state index contributed by atoms with van der Waals surface area (Å²) in [5.41, 5.74) is 1.71. The van der Waals surface area contributed by atoms with Crippen molar-refractivity contribution in [3.63, 3.8) is 0 Å². The minimum absolute atomic E-state index is 0.140. The van der Waals surface area contributed by atoms with Gasteiger partial charge in [-0.1, -0.05) is 40.2 Å². The summed E-state index contributed by atoms with van der Waals surface area (Å²) in [6, 6.07) is 14.6. The molecule has 5 heteroatoms. The number of rotatable bonds is 7. The van der Waals surface area contributed by atoms with Gasteiger partial charge in [0, 0.05) is 10.9 Å². The second kappa shape index (κ2) is 8.48. The van der Waals surface area contributed by atoms with Crippen molar-refractivity contribution in [2.45, 2.75) is 12.8 Å². The largest absolute Gasteiger partial charge is 0.497 e. The zero-order valence-corrected chi connectivity index (χ0v) is 14.3. The number of Topliss-reactive ketones (excluding diaryl/α,β-unsaturated/α-hetero) is 1. The maximum atomic E-state index is 11.9. The smallest absolute Gasteiger partial charge is 0.310 e. The Hall–Kier alpha value is -2.14. The molecule has 2 aromatic rings. The molecule has 0 aliphatic carbocycles. The van der Waals surface area contributed by atoms with E-state index >= 15 is 0 Å². The van der Waals surface area contributed by atoms with Crippen molar-refractivity contribution in [2.75, 3.05) is 13.7 Å². The first-order valence-corrected chi connectivity index (χ1v) is 7.91. The number of hydrogen-bond donors (Lipinski definition) is 0. The molecule has 0 aliphatic heterocycles. The lowest BCUT2D eigenvalue weighted by molar-refractivity contribution is -0.147. The monoisotopic (exact) mass is 376 g/mol. The lowest BCUT2D eigenvalue weighted by Gasteiger charge is -2.06. The van der Waals surface area contributed by atoms with Gasteiger partial charge in [-0.25, -0.2) is 0 Å². The number of carbonyl (C=O) groups excluding carboxylic acids is 2. The lowest BCUT2D eigenvalue weighted by atomic mass is 10.1. The summed E-state index contributed by atoms with van der Waals surface area (Å²) in [6.45, 7) is -0.207. The molecule has 0 fully saturated rings. The van der Waals surface area contributed by atoms with Crippen molar-refractivity contribution in [1.29, 1.82) is 0 Å². The van der Waals surface area contributed by atoms with Gasteiger partial charge in [-0.15, -0.1) is 0 Å². The molecule has 0 amide bonds. The minimum atomic E-state index is -0.407. The van der Waals surface area contributed by atoms with Crippen LogP contribution >= 0.6 is 15.9 Å². The van der Waals surface area contributed by atoms with Crippen molar-refractivity contribution in [1.82, 2.24) is 0 Å². The molecule has 0 saturated heterocycles. The second-order valence-electron chi connectivity index (χ2n) is 5.03. The van der Waals surface area contributed by atoms with E-state index in [1.807, 2.05) is 36.4 Å². The van der Waals surface area contributed by atoms with E-state index in [0.717, 1.165) is 21.3 Å². The number of ketones is 1. The van der Waals surface area contributed by atoms with E-state index in [2.05, 4.69) is 15.9 Å². The van der Waals surface area contributed by atoms with Crippen LogP contribution in [0, 0.1) is 0 Å². The fourth-order valence-electron chi connectivity index (χ4n) is 2.00. The van der Waals surface area contributed by atoms with Gasteiger partial charge in [0.2, 0.25) is 0 Å². The van der Waals surface area contributed by atoms with E-state index in [-0.39, 0.29) is 25.2 Å². The predicted molar refractivity (Wildman–Crippen MR) is 90.5 cm³/mol. The van der Waals surface area contributed by atoms with Crippen LogP contribution in [0.5, 0.6) is 5.75 Å². The summed E-state index contributed by atoms with van der Waals surface area (Å²) >= 11 is 3.33. The third kappa shape index (κ3) is 5.87. The van der Waals surface area contributed by atoms with Crippen molar-refractivity contribution in [3.8, 4) is 5.75 Å². The van der Waals surface area contributed by atoms with Gasteiger partial charge < -0.3 is 9.47 Å². The highest BCUT2D eigenvalue weighted by Gasteiger charge is 2.09. The van der Waals surface area contributed by atoms with Crippen LogP contribution in [-0.4, -0.2) is 25.5 Å². The summed E-state index contributed by atoms with van der Waals surface area (Å²) in [7, 11) is 1.59. The Kier molecular flexibility index (Phi) is 6.35. The maximum absolute atomic E-state index is 11.9. The van der Waals surface area contributed by atoms with E-state index in [4.69, 9.17) is 9.47 Å². The van der Waals surface area contributed by atoms with Gasteiger partial charge in [0.05, 0.1) is 13.5 Å². The third-order valence-electron chi connectivity index (χ3n) is 3.22. The molecular weight excluding hydrogens is 360 g/mol. The lowest BCUT2D eigenvalue weighted by Crippen LogP contribution is -2.17. The van der Waals surface area contributed by atoms with Gasteiger partial charge in [0.1, 0.15) is 12.4 Å². The Morgan fingerprint density at radius 2 is 1.48 bits per heavy atom. The first kappa shape index (κ1) is 17.2. The van der Waals surface area contributed by atoms with Crippen LogP contribution in [0.4, 0.5) is 0 Å². The van der Waals surface area contributed by atoms with Gasteiger partial charge in [-0.3, -0.25) is 9.59 Å². The first-order chi connectivity index (χ1) is 11.1. The molecule has 0 unspecified atom stereocenters. The van der Waals surface area contributed by atoms with E-state index in [1.54, 1.807) is 19.2 Å². The topological polar surface area (TPSA) is 52.6 Å². The molecule has 4 nitrogen and oxygen atoms in total. The highest BCUT2D eigenvalue weighted by molar-refractivity contribution is 9.10. The molecule has 0 spiro atoms.